The molecule has 1 unspecified atom stereocenters. The topological polar surface area (TPSA) is 26.0 Å². The molecular weight excluding hydrogens is 310 g/mol. The molecule has 0 saturated heterocycles. The number of nitrogens with two attached hydrogens (primary N) is 1. The first-order valence-corrected chi connectivity index (χ1v) is 7.71. The molecule has 2 rings (SSSR count). The zero-order valence-corrected chi connectivity index (χ0v) is 14.2. The van der Waals surface area contributed by atoms with E-state index in [1.807, 2.05) is 0 Å². The molecule has 0 aliphatic rings. The Balaban J connectivity index is 2.34. The summed E-state index contributed by atoms with van der Waals surface area (Å²) in [4.78, 5) is 0. The van der Waals surface area contributed by atoms with E-state index >= 15 is 0 Å². The van der Waals surface area contributed by atoms with Crippen LogP contribution in [0.25, 0.3) is 0 Å². The zero-order chi connectivity index (χ0) is 14.9. The molecule has 0 fully saturated rings. The van der Waals surface area contributed by atoms with E-state index in [2.05, 4.69) is 86.1 Å². The molecule has 0 spiro atoms. The van der Waals surface area contributed by atoms with Gasteiger partial charge in [-0.05, 0) is 34.6 Å². The Morgan fingerprint density at radius 3 is 2.15 bits per heavy atom. The van der Waals surface area contributed by atoms with Gasteiger partial charge in [-0.1, -0.05) is 79.2 Å². The maximum Gasteiger partial charge on any atom is 0.0562 e. The lowest BCUT2D eigenvalue weighted by Crippen LogP contribution is -2.14. The molecule has 2 aromatic carbocycles. The summed E-state index contributed by atoms with van der Waals surface area (Å²) in [5.74, 6) is 0. The lowest BCUT2D eigenvalue weighted by Gasteiger charge is -2.21. The predicted octanol–water partition coefficient (Wildman–Crippen LogP) is 5.10. The van der Waals surface area contributed by atoms with E-state index in [0.717, 1.165) is 15.6 Å². The summed E-state index contributed by atoms with van der Waals surface area (Å²) in [6.07, 6.45) is 0. The molecule has 0 radical (unpaired) electrons. The minimum Gasteiger partial charge on any atom is -0.320 e. The van der Waals surface area contributed by atoms with Crippen molar-refractivity contribution in [2.45, 2.75) is 39.2 Å². The Labute approximate surface area is 130 Å². The van der Waals surface area contributed by atoms with Crippen LogP contribution in [0.5, 0.6) is 0 Å². The molecule has 0 amide bonds. The Kier molecular flexibility index (Phi) is 4.36. The highest BCUT2D eigenvalue weighted by Gasteiger charge is 2.16. The summed E-state index contributed by atoms with van der Waals surface area (Å²) < 4.78 is 1.10. The first-order valence-electron chi connectivity index (χ1n) is 6.92. The van der Waals surface area contributed by atoms with Crippen LogP contribution in [0.3, 0.4) is 0 Å². The Bertz CT molecular complexity index is 594. The largest absolute Gasteiger partial charge is 0.320 e. The molecule has 0 aliphatic heterocycles. The first-order chi connectivity index (χ1) is 9.30. The maximum absolute atomic E-state index is 6.42. The molecule has 0 bridgehead atoms. The lowest BCUT2D eigenvalue weighted by atomic mass is 9.86. The van der Waals surface area contributed by atoms with Crippen molar-refractivity contribution in [1.29, 1.82) is 0 Å². The van der Waals surface area contributed by atoms with Gasteiger partial charge in [0, 0.05) is 4.47 Å². The minimum atomic E-state index is -0.0988. The molecule has 0 saturated carbocycles. The van der Waals surface area contributed by atoms with E-state index in [4.69, 9.17) is 5.73 Å². The maximum atomic E-state index is 6.42. The average molecular weight is 332 g/mol. The van der Waals surface area contributed by atoms with Gasteiger partial charge in [0.05, 0.1) is 6.04 Å². The Morgan fingerprint density at radius 1 is 1.00 bits per heavy atom. The highest BCUT2D eigenvalue weighted by molar-refractivity contribution is 9.10. The molecule has 2 aromatic rings. The van der Waals surface area contributed by atoms with Crippen LogP contribution < -0.4 is 5.73 Å². The third-order valence-electron chi connectivity index (χ3n) is 3.69. The van der Waals surface area contributed by atoms with E-state index in [0.29, 0.717) is 0 Å². The van der Waals surface area contributed by atoms with Crippen LogP contribution in [0.1, 0.15) is 49.1 Å². The second-order valence-electron chi connectivity index (χ2n) is 6.33. The third-order valence-corrected chi connectivity index (χ3v) is 4.78. The van der Waals surface area contributed by atoms with Gasteiger partial charge in [0.15, 0.2) is 0 Å². The van der Waals surface area contributed by atoms with E-state index in [9.17, 15) is 0 Å². The summed E-state index contributed by atoms with van der Waals surface area (Å²) in [5, 5.41) is 0. The van der Waals surface area contributed by atoms with Crippen molar-refractivity contribution < 1.29 is 0 Å². The highest BCUT2D eigenvalue weighted by Crippen LogP contribution is 2.30. The van der Waals surface area contributed by atoms with Crippen LogP contribution in [-0.2, 0) is 5.41 Å². The van der Waals surface area contributed by atoms with Crippen molar-refractivity contribution in [3.63, 3.8) is 0 Å². The number of halogens is 1. The normalized spacial score (nSPS) is 13.3. The summed E-state index contributed by atoms with van der Waals surface area (Å²) >= 11 is 3.64. The van der Waals surface area contributed by atoms with Crippen LogP contribution >= 0.6 is 15.9 Å². The van der Waals surface area contributed by atoms with Crippen molar-refractivity contribution in [2.24, 2.45) is 5.73 Å². The van der Waals surface area contributed by atoms with Gasteiger partial charge in [-0.2, -0.15) is 0 Å². The van der Waals surface area contributed by atoms with E-state index in [-0.39, 0.29) is 11.5 Å². The zero-order valence-electron chi connectivity index (χ0n) is 12.6. The number of benzene rings is 2. The van der Waals surface area contributed by atoms with Gasteiger partial charge in [0.25, 0.3) is 0 Å². The van der Waals surface area contributed by atoms with Gasteiger partial charge in [0.1, 0.15) is 0 Å². The summed E-state index contributed by atoms with van der Waals surface area (Å²) in [6, 6.07) is 14.8. The number of hydrogen-bond acceptors (Lipinski definition) is 1. The molecule has 0 aliphatic carbocycles. The molecule has 20 heavy (non-hydrogen) atoms. The molecule has 2 heteroatoms. The summed E-state index contributed by atoms with van der Waals surface area (Å²) in [7, 11) is 0. The molecule has 2 N–H and O–H groups in total. The SMILES string of the molecule is Cc1cccc(C(N)c2ccc(C(C)(C)C)cc2)c1Br. The van der Waals surface area contributed by atoms with E-state index in [1.165, 1.54) is 11.1 Å². The second kappa shape index (κ2) is 5.71. The standard InChI is InChI=1S/C18H22BrN/c1-12-6-5-7-15(16(12)19)17(20)13-8-10-14(11-9-13)18(2,3)4/h5-11,17H,20H2,1-4H3. The third kappa shape index (κ3) is 3.13. The van der Waals surface area contributed by atoms with Gasteiger partial charge in [-0.25, -0.2) is 0 Å². The van der Waals surface area contributed by atoms with Crippen LogP contribution in [0.2, 0.25) is 0 Å². The molecule has 1 atom stereocenters. The van der Waals surface area contributed by atoms with Gasteiger partial charge >= 0.3 is 0 Å². The summed E-state index contributed by atoms with van der Waals surface area (Å²) in [5.41, 5.74) is 11.4. The minimum absolute atomic E-state index is 0.0988. The van der Waals surface area contributed by atoms with Gasteiger partial charge in [-0.15, -0.1) is 0 Å². The van der Waals surface area contributed by atoms with Crippen LogP contribution in [0.15, 0.2) is 46.9 Å². The molecular formula is C18H22BrN. The lowest BCUT2D eigenvalue weighted by molar-refractivity contribution is 0.589. The Morgan fingerprint density at radius 2 is 1.60 bits per heavy atom. The molecule has 0 aromatic heterocycles. The quantitative estimate of drug-likeness (QED) is 0.813. The average Bonchev–Trinajstić information content (AvgIpc) is 2.40. The van der Waals surface area contributed by atoms with Crippen molar-refractivity contribution in [3.05, 3.63) is 69.2 Å². The van der Waals surface area contributed by atoms with Gasteiger partial charge in [0.2, 0.25) is 0 Å². The Hall–Kier alpha value is -1.12. The number of hydrogen-bond donors (Lipinski definition) is 1. The monoisotopic (exact) mass is 331 g/mol. The van der Waals surface area contributed by atoms with E-state index < -0.39 is 0 Å². The smallest absolute Gasteiger partial charge is 0.0562 e. The highest BCUT2D eigenvalue weighted by atomic mass is 79.9. The van der Waals surface area contributed by atoms with Crippen molar-refractivity contribution >= 4 is 15.9 Å². The van der Waals surface area contributed by atoms with Crippen molar-refractivity contribution in [3.8, 4) is 0 Å². The van der Waals surface area contributed by atoms with E-state index in [1.54, 1.807) is 0 Å². The van der Waals surface area contributed by atoms with Crippen molar-refractivity contribution in [2.75, 3.05) is 0 Å². The van der Waals surface area contributed by atoms with Crippen LogP contribution in [0.4, 0.5) is 0 Å². The number of aryl methyl sites for hydroxylation is 1. The number of rotatable bonds is 2. The van der Waals surface area contributed by atoms with Gasteiger partial charge in [-0.3, -0.25) is 0 Å². The molecule has 106 valence electrons. The molecule has 0 heterocycles. The fourth-order valence-electron chi connectivity index (χ4n) is 2.28. The first kappa shape index (κ1) is 15.3. The predicted molar refractivity (Wildman–Crippen MR) is 90.1 cm³/mol. The fourth-order valence-corrected chi connectivity index (χ4v) is 2.79. The second-order valence-corrected chi connectivity index (χ2v) is 7.12. The van der Waals surface area contributed by atoms with Crippen LogP contribution in [0, 0.1) is 6.92 Å². The van der Waals surface area contributed by atoms with Crippen molar-refractivity contribution in [1.82, 2.24) is 0 Å². The molecule has 1 nitrogen and oxygen atoms in total. The fraction of sp³-hybridized carbons (Fsp3) is 0.333. The van der Waals surface area contributed by atoms with Gasteiger partial charge < -0.3 is 5.73 Å². The summed E-state index contributed by atoms with van der Waals surface area (Å²) in [6.45, 7) is 8.75. The van der Waals surface area contributed by atoms with Crippen LogP contribution in [-0.4, -0.2) is 0 Å².